The number of nitrogens with zero attached hydrogens (tertiary/aromatic N) is 2. The summed E-state index contributed by atoms with van der Waals surface area (Å²) in [6, 6.07) is 63.3. The lowest BCUT2D eigenvalue weighted by molar-refractivity contribution is 0.607. The van der Waals surface area contributed by atoms with Crippen LogP contribution < -0.4 is 9.80 Å². The molecule has 2 heteroatoms. The first-order valence-corrected chi connectivity index (χ1v) is 32.2. The highest BCUT2D eigenvalue weighted by atomic mass is 15.2. The molecule has 0 aromatic heterocycles. The van der Waals surface area contributed by atoms with E-state index in [4.69, 9.17) is 0 Å². The molecule has 2 nitrogen and oxygen atoms in total. The number of rotatable bonds is 27. The van der Waals surface area contributed by atoms with Crippen LogP contribution >= 0.6 is 0 Å². The van der Waals surface area contributed by atoms with Crippen LogP contribution in [0.1, 0.15) is 228 Å². The van der Waals surface area contributed by atoms with Crippen LogP contribution in [-0.4, -0.2) is 0 Å². The van der Waals surface area contributed by atoms with Gasteiger partial charge in [0, 0.05) is 22.7 Å². The minimum Gasteiger partial charge on any atom is -0.310 e. The third-order valence-corrected chi connectivity index (χ3v) is 18.1. The second-order valence-corrected chi connectivity index (χ2v) is 25.2. The van der Waals surface area contributed by atoms with Crippen LogP contribution in [0, 0.1) is 34.6 Å². The fourth-order valence-electron chi connectivity index (χ4n) is 13.8. The maximum atomic E-state index is 2.62. The molecule has 0 unspecified atom stereocenters. The molecule has 0 saturated heterocycles. The summed E-state index contributed by atoms with van der Waals surface area (Å²) in [7, 11) is 0. The lowest BCUT2D eigenvalue weighted by Crippen LogP contribution is -2.29. The van der Waals surface area contributed by atoms with E-state index in [-0.39, 0.29) is 0 Å². The molecule has 0 amide bonds. The summed E-state index contributed by atoms with van der Waals surface area (Å²) < 4.78 is 0. The van der Waals surface area contributed by atoms with Crippen molar-refractivity contribution >= 4 is 34.1 Å². The number of aryl methyl sites for hydroxylation is 8. The molecule has 9 rings (SSSR count). The highest BCUT2D eigenvalue weighted by Crippen LogP contribution is 2.59. The summed E-state index contributed by atoms with van der Waals surface area (Å²) in [6.45, 7) is 27.6. The van der Waals surface area contributed by atoms with Gasteiger partial charge in [-0.3, -0.25) is 0 Å². The Hall–Kier alpha value is -6.64. The molecule has 0 atom stereocenters. The third-order valence-electron chi connectivity index (χ3n) is 18.1. The normalized spacial score (nSPS) is 12.6. The van der Waals surface area contributed by atoms with Crippen molar-refractivity contribution in [1.82, 2.24) is 0 Å². The predicted octanol–water partition coefficient (Wildman–Crippen LogP) is 23.9. The molecule has 428 valence electrons. The van der Waals surface area contributed by atoms with Gasteiger partial charge in [0.25, 0.3) is 0 Å². The average Bonchev–Trinajstić information content (AvgIpc) is 2.21. The van der Waals surface area contributed by atoms with Gasteiger partial charge in [-0.1, -0.05) is 234 Å². The quantitative estimate of drug-likeness (QED) is 0.0474. The van der Waals surface area contributed by atoms with Crippen molar-refractivity contribution in [3.05, 3.63) is 236 Å². The highest BCUT2D eigenvalue weighted by molar-refractivity contribution is 5.93. The molecule has 1 aliphatic rings. The van der Waals surface area contributed by atoms with Gasteiger partial charge in [0.1, 0.15) is 0 Å². The fourth-order valence-corrected chi connectivity index (χ4v) is 13.8. The van der Waals surface area contributed by atoms with Gasteiger partial charge >= 0.3 is 0 Å². The van der Waals surface area contributed by atoms with Gasteiger partial charge in [0.05, 0.1) is 16.8 Å². The van der Waals surface area contributed by atoms with E-state index in [0.29, 0.717) is 11.8 Å². The minimum atomic E-state index is -0.656. The van der Waals surface area contributed by atoms with E-state index in [1.807, 2.05) is 0 Å². The van der Waals surface area contributed by atoms with Gasteiger partial charge in [0.15, 0.2) is 0 Å². The lowest BCUT2D eigenvalue weighted by Gasteiger charge is -2.37. The lowest BCUT2D eigenvalue weighted by atomic mass is 9.67. The summed E-state index contributed by atoms with van der Waals surface area (Å²) in [5, 5.41) is 0. The van der Waals surface area contributed by atoms with Crippen LogP contribution in [0.4, 0.5) is 34.1 Å². The maximum Gasteiger partial charge on any atom is 0.0715 e. The summed E-state index contributed by atoms with van der Waals surface area (Å²) in [5.41, 5.74) is 28.0. The Bertz CT molecular complexity index is 3280. The van der Waals surface area contributed by atoms with E-state index in [1.54, 1.807) is 0 Å². The smallest absolute Gasteiger partial charge is 0.0715 e. The molecule has 1 aliphatic carbocycles. The molecular weight excluding hydrogens is 989 g/mol. The van der Waals surface area contributed by atoms with Crippen molar-refractivity contribution < 1.29 is 0 Å². The number of unbranched alkanes of at least 4 members (excludes halogenated alkanes) is 11. The van der Waals surface area contributed by atoms with Crippen molar-refractivity contribution in [3.63, 3.8) is 0 Å². The monoisotopic (exact) mass is 1090 g/mol. The predicted molar refractivity (Wildman–Crippen MR) is 358 cm³/mol. The van der Waals surface area contributed by atoms with Crippen molar-refractivity contribution in [3.8, 4) is 11.1 Å². The van der Waals surface area contributed by atoms with Crippen LogP contribution in [0.2, 0.25) is 0 Å². The molecule has 0 aliphatic heterocycles. The van der Waals surface area contributed by atoms with Gasteiger partial charge in [-0.2, -0.15) is 0 Å². The second-order valence-electron chi connectivity index (χ2n) is 25.2. The standard InChI is InChI=1S/C80H98N2/c1-13-16-19-21-23-25-30-63-32-27-34-68(52-63)80(69-35-28-33-64(53-69)31-26-24-22-20-17-14-2)76-54-72(81(70-40-36-66(37-41-70)56(4)5)78-59(9)48-58(8)49-60(78)10)44-46-74(76)75-47-45-73(55-77(75)80)82(71-42-38-67(39-43-71)57(6)7)79-61(11)50-65(29-18-15-3)51-62(79)12/h27-28,32-57H,13-26,29-31H2,1-12H3. The van der Waals surface area contributed by atoms with Crippen molar-refractivity contribution in [2.45, 2.75) is 209 Å². The zero-order chi connectivity index (χ0) is 57.9. The zero-order valence-corrected chi connectivity index (χ0v) is 52.6. The fraction of sp³-hybridized carbons (Fsp3) is 0.400. The van der Waals surface area contributed by atoms with Crippen molar-refractivity contribution in [2.75, 3.05) is 9.80 Å². The summed E-state index contributed by atoms with van der Waals surface area (Å²) in [6.07, 6.45) is 21.1. The minimum absolute atomic E-state index is 0.440. The van der Waals surface area contributed by atoms with Gasteiger partial charge in [-0.15, -0.1) is 0 Å². The first-order chi connectivity index (χ1) is 39.8. The van der Waals surface area contributed by atoms with E-state index < -0.39 is 5.41 Å². The summed E-state index contributed by atoms with van der Waals surface area (Å²) in [5.74, 6) is 0.881. The Labute approximate surface area is 497 Å². The number of benzene rings is 8. The Balaban J connectivity index is 1.33. The number of hydrogen-bond acceptors (Lipinski definition) is 2. The molecule has 0 radical (unpaired) electrons. The van der Waals surface area contributed by atoms with E-state index in [1.165, 1.54) is 213 Å². The van der Waals surface area contributed by atoms with Crippen LogP contribution in [0.25, 0.3) is 11.1 Å². The van der Waals surface area contributed by atoms with E-state index in [9.17, 15) is 0 Å². The first-order valence-electron chi connectivity index (χ1n) is 32.2. The molecule has 0 saturated carbocycles. The Kier molecular flexibility index (Phi) is 20.2. The van der Waals surface area contributed by atoms with Crippen LogP contribution in [0.15, 0.2) is 158 Å². The Morgan fingerprint density at radius 3 is 1.11 bits per heavy atom. The second kappa shape index (κ2) is 27.6. The average molecular weight is 1090 g/mol. The van der Waals surface area contributed by atoms with Crippen molar-refractivity contribution in [1.29, 1.82) is 0 Å². The third kappa shape index (κ3) is 13.1. The van der Waals surface area contributed by atoms with Gasteiger partial charge in [-0.25, -0.2) is 0 Å². The van der Waals surface area contributed by atoms with Gasteiger partial charge < -0.3 is 9.80 Å². The highest BCUT2D eigenvalue weighted by Gasteiger charge is 2.47. The molecule has 0 spiro atoms. The van der Waals surface area contributed by atoms with Gasteiger partial charge in [0.2, 0.25) is 0 Å². The van der Waals surface area contributed by atoms with Crippen LogP contribution in [0.5, 0.6) is 0 Å². The number of fused-ring (bicyclic) bond motifs is 3. The molecule has 8 aromatic carbocycles. The molecule has 0 heterocycles. The molecule has 0 bridgehead atoms. The Morgan fingerprint density at radius 1 is 0.341 bits per heavy atom. The molecule has 0 N–H and O–H groups in total. The molecular formula is C80H98N2. The van der Waals surface area contributed by atoms with E-state index in [0.717, 1.165) is 19.3 Å². The number of anilines is 6. The molecule has 8 aromatic rings. The van der Waals surface area contributed by atoms with Crippen LogP contribution in [0.3, 0.4) is 0 Å². The number of hydrogen-bond donors (Lipinski definition) is 0. The first kappa shape index (κ1) is 60.0. The molecule has 82 heavy (non-hydrogen) atoms. The topological polar surface area (TPSA) is 6.48 Å². The van der Waals surface area contributed by atoms with Crippen molar-refractivity contribution in [2.24, 2.45) is 0 Å². The summed E-state index contributed by atoms with van der Waals surface area (Å²) in [4.78, 5) is 5.16. The SMILES string of the molecule is CCCCCCCCc1cccc(C2(c3cccc(CCCCCCCC)c3)c3cc(N(c4ccc(C(C)C)cc4)c4c(C)cc(C)cc4C)ccc3-c3ccc(N(c4ccc(C(C)C)cc4)c4c(C)cc(CCCC)cc4C)cc32)c1. The van der Waals surface area contributed by atoms with Gasteiger partial charge in [-0.05, 0) is 217 Å². The van der Waals surface area contributed by atoms with E-state index >= 15 is 0 Å². The molecule has 0 fully saturated rings. The zero-order valence-electron chi connectivity index (χ0n) is 52.6. The maximum absolute atomic E-state index is 2.62. The Morgan fingerprint density at radius 2 is 0.707 bits per heavy atom. The van der Waals surface area contributed by atoms with E-state index in [2.05, 4.69) is 251 Å². The largest absolute Gasteiger partial charge is 0.310 e. The summed E-state index contributed by atoms with van der Waals surface area (Å²) >= 11 is 0. The van der Waals surface area contributed by atoms with Crippen LogP contribution in [-0.2, 0) is 24.7 Å².